The van der Waals surface area contributed by atoms with Crippen LogP contribution in [-0.4, -0.2) is 77.6 Å². The van der Waals surface area contributed by atoms with E-state index in [4.69, 9.17) is 5.11 Å². The molecule has 1 saturated heterocycles. The standard InChI is InChI=1S/C16H25N3O2S/c20-9-8-17-4-6-18(7-5-17)12-16(21)19(15-1-2-15)11-14-3-10-22-13-14/h3,10,13,15,20H,1-2,4-9,11-12H2. The molecular formula is C16H25N3O2S. The normalized spacial score (nSPS) is 20.2. The topological polar surface area (TPSA) is 47.0 Å². The molecule has 1 saturated carbocycles. The van der Waals surface area contributed by atoms with E-state index in [2.05, 4.69) is 31.5 Å². The van der Waals surface area contributed by atoms with E-state index in [1.165, 1.54) is 5.56 Å². The molecule has 1 aromatic rings. The van der Waals surface area contributed by atoms with E-state index < -0.39 is 0 Å². The highest BCUT2D eigenvalue weighted by atomic mass is 32.1. The first-order chi connectivity index (χ1) is 10.8. The van der Waals surface area contributed by atoms with E-state index in [1.54, 1.807) is 11.3 Å². The van der Waals surface area contributed by atoms with Gasteiger partial charge in [0.25, 0.3) is 0 Å². The number of nitrogens with zero attached hydrogens (tertiary/aromatic N) is 3. The Hall–Kier alpha value is -0.950. The maximum Gasteiger partial charge on any atom is 0.237 e. The molecule has 0 bridgehead atoms. The fourth-order valence-electron chi connectivity index (χ4n) is 2.98. The fraction of sp³-hybridized carbons (Fsp3) is 0.688. The summed E-state index contributed by atoms with van der Waals surface area (Å²) in [5.74, 6) is 0.268. The van der Waals surface area contributed by atoms with Crippen molar-refractivity contribution in [3.05, 3.63) is 22.4 Å². The van der Waals surface area contributed by atoms with Crippen molar-refractivity contribution in [2.45, 2.75) is 25.4 Å². The van der Waals surface area contributed by atoms with Gasteiger partial charge >= 0.3 is 0 Å². The summed E-state index contributed by atoms with van der Waals surface area (Å²) in [6, 6.07) is 2.57. The molecule has 2 heterocycles. The number of carbonyl (C=O) groups excluding carboxylic acids is 1. The van der Waals surface area contributed by atoms with Gasteiger partial charge in [0, 0.05) is 45.3 Å². The number of thiophene rings is 1. The highest BCUT2D eigenvalue weighted by molar-refractivity contribution is 7.07. The molecule has 0 aromatic carbocycles. The number of hydrogen-bond donors (Lipinski definition) is 1. The van der Waals surface area contributed by atoms with Gasteiger partial charge in [-0.25, -0.2) is 0 Å². The lowest BCUT2D eigenvalue weighted by Crippen LogP contribution is -2.50. The largest absolute Gasteiger partial charge is 0.395 e. The number of β-amino-alcohol motifs (C(OH)–C–C–N with tert-alkyl or cyclic N) is 1. The first kappa shape index (κ1) is 15.9. The highest BCUT2D eigenvalue weighted by Crippen LogP contribution is 2.29. The molecule has 5 nitrogen and oxygen atoms in total. The predicted molar refractivity (Wildman–Crippen MR) is 87.9 cm³/mol. The van der Waals surface area contributed by atoms with E-state index in [0.717, 1.165) is 52.1 Å². The van der Waals surface area contributed by atoms with Gasteiger partial charge in [0.2, 0.25) is 5.91 Å². The molecule has 1 aliphatic heterocycles. The first-order valence-electron chi connectivity index (χ1n) is 8.12. The molecule has 1 N–H and O–H groups in total. The Bertz CT molecular complexity index is 468. The number of carbonyl (C=O) groups is 1. The summed E-state index contributed by atoms with van der Waals surface area (Å²) in [7, 11) is 0. The van der Waals surface area contributed by atoms with Gasteiger partial charge in [-0.15, -0.1) is 0 Å². The van der Waals surface area contributed by atoms with Gasteiger partial charge in [-0.1, -0.05) is 0 Å². The third-order valence-corrected chi connectivity index (χ3v) is 5.21. The van der Waals surface area contributed by atoms with Crippen LogP contribution >= 0.6 is 11.3 Å². The Labute approximate surface area is 136 Å². The minimum absolute atomic E-state index is 0.217. The van der Waals surface area contributed by atoms with Crippen molar-refractivity contribution < 1.29 is 9.90 Å². The van der Waals surface area contributed by atoms with E-state index in [1.807, 2.05) is 0 Å². The smallest absolute Gasteiger partial charge is 0.237 e. The second-order valence-electron chi connectivity index (χ2n) is 6.23. The summed E-state index contributed by atoms with van der Waals surface area (Å²) >= 11 is 1.69. The third kappa shape index (κ3) is 4.29. The molecule has 0 atom stereocenters. The number of aliphatic hydroxyl groups is 1. The van der Waals surface area contributed by atoms with E-state index >= 15 is 0 Å². The van der Waals surface area contributed by atoms with Gasteiger partial charge in [0.15, 0.2) is 0 Å². The van der Waals surface area contributed by atoms with Crippen molar-refractivity contribution in [1.29, 1.82) is 0 Å². The quantitative estimate of drug-likeness (QED) is 0.808. The summed E-state index contributed by atoms with van der Waals surface area (Å²) in [5.41, 5.74) is 1.25. The summed E-state index contributed by atoms with van der Waals surface area (Å²) in [4.78, 5) is 19.2. The Morgan fingerprint density at radius 3 is 2.59 bits per heavy atom. The van der Waals surface area contributed by atoms with Gasteiger partial charge in [-0.3, -0.25) is 14.6 Å². The summed E-state index contributed by atoms with van der Waals surface area (Å²) < 4.78 is 0. The monoisotopic (exact) mass is 323 g/mol. The Kier molecular flexibility index (Phi) is 5.46. The second kappa shape index (κ2) is 7.55. The van der Waals surface area contributed by atoms with Gasteiger partial charge in [0.1, 0.15) is 0 Å². The van der Waals surface area contributed by atoms with Crippen LogP contribution in [-0.2, 0) is 11.3 Å². The molecule has 1 aromatic heterocycles. The maximum absolute atomic E-state index is 12.7. The molecule has 6 heteroatoms. The molecule has 22 heavy (non-hydrogen) atoms. The lowest BCUT2D eigenvalue weighted by Gasteiger charge is -2.35. The van der Waals surface area contributed by atoms with Crippen LogP contribution in [0.4, 0.5) is 0 Å². The van der Waals surface area contributed by atoms with E-state index in [-0.39, 0.29) is 12.5 Å². The lowest BCUT2D eigenvalue weighted by molar-refractivity contribution is -0.134. The van der Waals surface area contributed by atoms with Gasteiger partial charge in [0.05, 0.1) is 13.2 Å². The van der Waals surface area contributed by atoms with E-state index in [0.29, 0.717) is 12.6 Å². The summed E-state index contributed by atoms with van der Waals surface area (Å²) in [6.07, 6.45) is 2.31. The SMILES string of the molecule is O=C(CN1CCN(CCO)CC1)N(Cc1ccsc1)C1CC1. The first-order valence-corrected chi connectivity index (χ1v) is 9.06. The molecule has 1 amide bonds. The third-order valence-electron chi connectivity index (χ3n) is 4.48. The van der Waals surface area contributed by atoms with Crippen molar-refractivity contribution >= 4 is 17.2 Å². The van der Waals surface area contributed by atoms with Crippen molar-refractivity contribution in [1.82, 2.24) is 14.7 Å². The number of piperazine rings is 1. The van der Waals surface area contributed by atoms with Crippen LogP contribution in [0.3, 0.4) is 0 Å². The average molecular weight is 323 g/mol. The summed E-state index contributed by atoms with van der Waals surface area (Å²) in [5, 5.41) is 13.2. The van der Waals surface area contributed by atoms with Gasteiger partial charge in [-0.05, 0) is 35.2 Å². The Morgan fingerprint density at radius 2 is 2.00 bits per heavy atom. The van der Waals surface area contributed by atoms with Crippen LogP contribution in [0.1, 0.15) is 18.4 Å². The molecular weight excluding hydrogens is 298 g/mol. The minimum atomic E-state index is 0.217. The van der Waals surface area contributed by atoms with Crippen LogP contribution in [0.2, 0.25) is 0 Å². The van der Waals surface area contributed by atoms with Crippen molar-refractivity contribution in [3.63, 3.8) is 0 Å². The number of aliphatic hydroxyl groups excluding tert-OH is 1. The molecule has 3 rings (SSSR count). The number of amides is 1. The molecule has 1 aliphatic carbocycles. The molecule has 0 radical (unpaired) electrons. The number of rotatable bonds is 7. The van der Waals surface area contributed by atoms with Crippen LogP contribution in [0, 0.1) is 0 Å². The van der Waals surface area contributed by atoms with Crippen molar-refractivity contribution in [2.75, 3.05) is 45.9 Å². The zero-order chi connectivity index (χ0) is 15.4. The molecule has 0 spiro atoms. The van der Waals surface area contributed by atoms with Crippen molar-refractivity contribution in [2.24, 2.45) is 0 Å². The Morgan fingerprint density at radius 1 is 1.27 bits per heavy atom. The maximum atomic E-state index is 12.7. The van der Waals surface area contributed by atoms with Crippen LogP contribution in [0.15, 0.2) is 16.8 Å². The molecule has 122 valence electrons. The van der Waals surface area contributed by atoms with E-state index in [9.17, 15) is 4.79 Å². The van der Waals surface area contributed by atoms with Crippen LogP contribution < -0.4 is 0 Å². The number of hydrogen-bond acceptors (Lipinski definition) is 5. The zero-order valence-corrected chi connectivity index (χ0v) is 13.8. The minimum Gasteiger partial charge on any atom is -0.395 e. The average Bonchev–Trinajstić information content (AvgIpc) is 3.23. The van der Waals surface area contributed by atoms with Gasteiger partial charge in [-0.2, -0.15) is 11.3 Å². The highest BCUT2D eigenvalue weighted by Gasteiger charge is 2.33. The predicted octanol–water partition coefficient (Wildman–Crippen LogP) is 0.849. The molecule has 0 unspecified atom stereocenters. The second-order valence-corrected chi connectivity index (χ2v) is 7.01. The van der Waals surface area contributed by atoms with Gasteiger partial charge < -0.3 is 10.0 Å². The Balaban J connectivity index is 1.49. The fourth-order valence-corrected chi connectivity index (χ4v) is 3.64. The van der Waals surface area contributed by atoms with Crippen LogP contribution in [0.25, 0.3) is 0 Å². The molecule has 2 aliphatic rings. The van der Waals surface area contributed by atoms with Crippen LogP contribution in [0.5, 0.6) is 0 Å². The molecule has 2 fully saturated rings. The van der Waals surface area contributed by atoms with Crippen molar-refractivity contribution in [3.8, 4) is 0 Å². The summed E-state index contributed by atoms with van der Waals surface area (Å²) in [6.45, 7) is 5.99. The zero-order valence-electron chi connectivity index (χ0n) is 13.0. The lowest BCUT2D eigenvalue weighted by atomic mass is 10.2.